The second-order valence-electron chi connectivity index (χ2n) is 4.37. The number of carbonyl (C=O) groups excluding carboxylic acids is 1. The molecule has 0 radical (unpaired) electrons. The lowest BCUT2D eigenvalue weighted by Crippen LogP contribution is -2.41. The van der Waals surface area contributed by atoms with Gasteiger partial charge in [0.2, 0.25) is 15.9 Å². The van der Waals surface area contributed by atoms with Crippen molar-refractivity contribution in [2.45, 2.75) is 46.5 Å². The van der Waals surface area contributed by atoms with Crippen LogP contribution in [-0.2, 0) is 14.8 Å². The van der Waals surface area contributed by atoms with Crippen LogP contribution in [0.2, 0.25) is 0 Å². The quantitative estimate of drug-likeness (QED) is 0.656. The summed E-state index contributed by atoms with van der Waals surface area (Å²) in [6.07, 6.45) is 3.21. The lowest BCUT2D eigenvalue weighted by atomic mass is 10.3. The summed E-state index contributed by atoms with van der Waals surface area (Å²) < 4.78 is 25.5. The number of sulfonamides is 1. The van der Waals surface area contributed by atoms with Gasteiger partial charge in [-0.15, -0.1) is 0 Å². The van der Waals surface area contributed by atoms with Crippen molar-refractivity contribution in [3.05, 3.63) is 0 Å². The van der Waals surface area contributed by atoms with E-state index in [0.29, 0.717) is 19.5 Å². The van der Waals surface area contributed by atoms with Gasteiger partial charge in [0.1, 0.15) is 0 Å². The Balaban J connectivity index is 4.21. The molecule has 0 aromatic heterocycles. The lowest BCUT2D eigenvalue weighted by molar-refractivity contribution is -0.130. The van der Waals surface area contributed by atoms with Crippen molar-refractivity contribution < 1.29 is 13.2 Å². The highest BCUT2D eigenvalue weighted by atomic mass is 32.2. The Kier molecular flexibility index (Phi) is 9.01. The molecule has 0 saturated carbocycles. The van der Waals surface area contributed by atoms with Crippen LogP contribution in [-0.4, -0.2) is 44.6 Å². The summed E-state index contributed by atoms with van der Waals surface area (Å²) in [5, 5.41) is 0. The molecule has 18 heavy (non-hydrogen) atoms. The summed E-state index contributed by atoms with van der Waals surface area (Å²) in [5.41, 5.74) is 0. The van der Waals surface area contributed by atoms with Gasteiger partial charge in [-0.25, -0.2) is 13.1 Å². The van der Waals surface area contributed by atoms with E-state index in [0.717, 1.165) is 19.3 Å². The Labute approximate surface area is 111 Å². The van der Waals surface area contributed by atoms with Crippen molar-refractivity contribution in [3.63, 3.8) is 0 Å². The molecule has 0 bridgehead atoms. The van der Waals surface area contributed by atoms with Gasteiger partial charge in [0, 0.05) is 13.1 Å². The van der Waals surface area contributed by atoms with E-state index in [9.17, 15) is 13.2 Å². The van der Waals surface area contributed by atoms with Gasteiger partial charge in [-0.3, -0.25) is 4.79 Å². The van der Waals surface area contributed by atoms with Crippen molar-refractivity contribution in [3.8, 4) is 0 Å². The number of hydrogen-bond donors (Lipinski definition) is 1. The molecule has 0 aromatic rings. The Hall–Kier alpha value is -0.620. The van der Waals surface area contributed by atoms with Crippen molar-refractivity contribution >= 4 is 15.9 Å². The topological polar surface area (TPSA) is 66.5 Å². The minimum absolute atomic E-state index is 0.0956. The fourth-order valence-corrected chi connectivity index (χ4v) is 2.75. The van der Waals surface area contributed by atoms with Crippen LogP contribution in [0.25, 0.3) is 0 Å². The summed E-state index contributed by atoms with van der Waals surface area (Å²) in [6, 6.07) is 0. The molecule has 0 heterocycles. The molecule has 0 aromatic carbocycles. The minimum Gasteiger partial charge on any atom is -0.342 e. The molecule has 0 saturated heterocycles. The van der Waals surface area contributed by atoms with E-state index in [2.05, 4.69) is 4.72 Å². The molecule has 0 aliphatic carbocycles. The molecule has 0 aliphatic heterocycles. The number of hydrogen-bond acceptors (Lipinski definition) is 3. The first-order chi connectivity index (χ1) is 8.46. The van der Waals surface area contributed by atoms with Gasteiger partial charge in [0.05, 0.1) is 12.3 Å². The molecule has 0 atom stereocenters. The first-order valence-electron chi connectivity index (χ1n) is 6.71. The van der Waals surface area contributed by atoms with E-state index in [1.165, 1.54) is 0 Å². The van der Waals surface area contributed by atoms with Gasteiger partial charge < -0.3 is 4.90 Å². The average molecular weight is 278 g/mol. The lowest BCUT2D eigenvalue weighted by Gasteiger charge is -2.21. The monoisotopic (exact) mass is 278 g/mol. The number of rotatable bonds is 10. The number of nitrogens with one attached hydrogen (secondary N) is 1. The van der Waals surface area contributed by atoms with E-state index in [1.54, 1.807) is 4.90 Å². The number of amides is 1. The Bertz CT molecular complexity index is 322. The maximum absolute atomic E-state index is 11.8. The van der Waals surface area contributed by atoms with Gasteiger partial charge in [-0.2, -0.15) is 0 Å². The minimum atomic E-state index is -3.30. The van der Waals surface area contributed by atoms with Gasteiger partial charge in [0.25, 0.3) is 0 Å². The normalized spacial score (nSPS) is 11.5. The third kappa shape index (κ3) is 7.66. The smallest absolute Gasteiger partial charge is 0.237 e. The second-order valence-corrected chi connectivity index (χ2v) is 6.30. The summed E-state index contributed by atoms with van der Waals surface area (Å²) in [4.78, 5) is 13.6. The predicted octanol–water partition coefficient (Wildman–Crippen LogP) is 1.35. The van der Waals surface area contributed by atoms with Crippen molar-refractivity contribution in [2.75, 3.05) is 25.4 Å². The Morgan fingerprint density at radius 3 is 2.06 bits per heavy atom. The summed E-state index contributed by atoms with van der Waals surface area (Å²) in [5.74, 6) is -0.0445. The molecular formula is C12H26N2O3S. The highest BCUT2D eigenvalue weighted by molar-refractivity contribution is 7.89. The maximum Gasteiger partial charge on any atom is 0.237 e. The average Bonchev–Trinajstić information content (AvgIpc) is 2.33. The van der Waals surface area contributed by atoms with Gasteiger partial charge in [-0.05, 0) is 19.3 Å². The summed E-state index contributed by atoms with van der Waals surface area (Å²) >= 11 is 0. The van der Waals surface area contributed by atoms with E-state index in [-0.39, 0.29) is 18.2 Å². The highest BCUT2D eigenvalue weighted by Gasteiger charge is 2.15. The molecule has 0 rings (SSSR count). The number of nitrogens with zero attached hydrogens (tertiary/aromatic N) is 1. The first kappa shape index (κ1) is 17.4. The SMILES string of the molecule is CCCCS(=O)(=O)NCC(=O)N(CCC)CCC. The van der Waals surface area contributed by atoms with Crippen molar-refractivity contribution in [2.24, 2.45) is 0 Å². The van der Waals surface area contributed by atoms with E-state index >= 15 is 0 Å². The van der Waals surface area contributed by atoms with Crippen molar-refractivity contribution in [1.82, 2.24) is 9.62 Å². The molecule has 1 amide bonds. The Morgan fingerprint density at radius 2 is 1.61 bits per heavy atom. The first-order valence-corrected chi connectivity index (χ1v) is 8.37. The predicted molar refractivity (Wildman–Crippen MR) is 73.9 cm³/mol. The van der Waals surface area contributed by atoms with Crippen LogP contribution >= 0.6 is 0 Å². The van der Waals surface area contributed by atoms with Crippen molar-refractivity contribution in [1.29, 1.82) is 0 Å². The molecule has 0 spiro atoms. The zero-order valence-electron chi connectivity index (χ0n) is 11.7. The van der Waals surface area contributed by atoms with E-state index < -0.39 is 10.0 Å². The number of unbranched alkanes of at least 4 members (excludes halogenated alkanes) is 1. The van der Waals surface area contributed by atoms with Crippen LogP contribution in [0.15, 0.2) is 0 Å². The van der Waals surface area contributed by atoms with E-state index in [1.807, 2.05) is 20.8 Å². The third-order valence-corrected chi connectivity index (χ3v) is 3.96. The molecule has 0 unspecified atom stereocenters. The van der Waals surface area contributed by atoms with Gasteiger partial charge in [0.15, 0.2) is 0 Å². The van der Waals surface area contributed by atoms with Crippen LogP contribution in [0.1, 0.15) is 46.5 Å². The zero-order chi connectivity index (χ0) is 14.0. The van der Waals surface area contributed by atoms with Crippen LogP contribution in [0.4, 0.5) is 0 Å². The largest absolute Gasteiger partial charge is 0.342 e. The molecule has 1 N–H and O–H groups in total. The van der Waals surface area contributed by atoms with Gasteiger partial charge >= 0.3 is 0 Å². The second kappa shape index (κ2) is 9.33. The molecule has 5 nitrogen and oxygen atoms in total. The van der Waals surface area contributed by atoms with Crippen LogP contribution < -0.4 is 4.72 Å². The molecular weight excluding hydrogens is 252 g/mol. The summed E-state index contributed by atoms with van der Waals surface area (Å²) in [7, 11) is -3.30. The Morgan fingerprint density at radius 1 is 1.06 bits per heavy atom. The molecule has 0 aliphatic rings. The number of carbonyl (C=O) groups is 1. The molecule has 0 fully saturated rings. The standard InChI is InChI=1S/C12H26N2O3S/c1-4-7-10-18(16,17)13-11-12(15)14(8-5-2)9-6-3/h13H,4-11H2,1-3H3. The third-order valence-electron chi connectivity index (χ3n) is 2.55. The maximum atomic E-state index is 11.8. The van der Waals surface area contributed by atoms with E-state index in [4.69, 9.17) is 0 Å². The fraction of sp³-hybridized carbons (Fsp3) is 0.917. The van der Waals surface area contributed by atoms with Crippen LogP contribution in [0, 0.1) is 0 Å². The fourth-order valence-electron chi connectivity index (χ4n) is 1.59. The van der Waals surface area contributed by atoms with Crippen LogP contribution in [0.3, 0.4) is 0 Å². The zero-order valence-corrected chi connectivity index (χ0v) is 12.6. The molecule has 6 heteroatoms. The van der Waals surface area contributed by atoms with Crippen LogP contribution in [0.5, 0.6) is 0 Å². The molecule has 108 valence electrons. The van der Waals surface area contributed by atoms with Gasteiger partial charge in [-0.1, -0.05) is 27.2 Å². The highest BCUT2D eigenvalue weighted by Crippen LogP contribution is 1.97. The summed E-state index contributed by atoms with van der Waals surface area (Å²) in [6.45, 7) is 7.19.